The van der Waals surface area contributed by atoms with Crippen molar-refractivity contribution in [3.8, 4) is 5.75 Å². The first-order chi connectivity index (χ1) is 15.6. The van der Waals surface area contributed by atoms with E-state index < -0.39 is 0 Å². The van der Waals surface area contributed by atoms with E-state index in [0.29, 0.717) is 19.7 Å². The van der Waals surface area contributed by atoms with Gasteiger partial charge < -0.3 is 19.6 Å². The number of piperazine rings is 1. The number of fused-ring (bicyclic) bond motifs is 2. The number of nitrogens with zero attached hydrogens (tertiary/aromatic N) is 2. The van der Waals surface area contributed by atoms with E-state index in [-0.39, 0.29) is 10.2 Å². The molecular formula is C25H27N3O3S. The molecule has 3 heterocycles. The maximum absolute atomic E-state index is 13.5. The van der Waals surface area contributed by atoms with E-state index in [1.54, 1.807) is 11.3 Å². The Labute approximate surface area is 190 Å². The highest BCUT2D eigenvalue weighted by Gasteiger charge is 2.29. The Hall–Kier alpha value is -2.71. The van der Waals surface area contributed by atoms with Crippen LogP contribution >= 0.6 is 11.3 Å². The summed E-state index contributed by atoms with van der Waals surface area (Å²) in [6, 6.07) is 17.3. The van der Waals surface area contributed by atoms with E-state index in [0.717, 1.165) is 60.2 Å². The lowest BCUT2D eigenvalue weighted by atomic mass is 10.1. The average molecular weight is 450 g/mol. The Bertz CT molecular complexity index is 1270. The molecule has 1 aliphatic rings. The molecule has 0 saturated carbocycles. The number of quaternary nitrogens is 1. The van der Waals surface area contributed by atoms with Crippen molar-refractivity contribution in [2.45, 2.75) is 12.8 Å². The maximum Gasteiger partial charge on any atom is 0.248 e. The summed E-state index contributed by atoms with van der Waals surface area (Å²) in [6.45, 7) is 4.46. The number of rotatable bonds is 7. The fourth-order valence-corrected chi connectivity index (χ4v) is 5.28. The maximum atomic E-state index is 13.5. The van der Waals surface area contributed by atoms with Gasteiger partial charge in [0, 0.05) is 36.0 Å². The normalized spacial score (nSPS) is 16.5. The van der Waals surface area contributed by atoms with Crippen molar-refractivity contribution in [1.82, 2.24) is 14.5 Å². The first-order valence-electron chi connectivity index (χ1n) is 11.1. The fraction of sp³-hybridized carbons (Fsp3) is 0.320. The van der Waals surface area contributed by atoms with Crippen molar-refractivity contribution in [2.24, 2.45) is 0 Å². The van der Waals surface area contributed by atoms with E-state index in [9.17, 15) is 10.0 Å². The minimum absolute atomic E-state index is 0.107. The van der Waals surface area contributed by atoms with Gasteiger partial charge in [0.2, 0.25) is 5.56 Å². The molecule has 1 saturated heterocycles. The number of benzene rings is 2. The predicted octanol–water partition coefficient (Wildman–Crippen LogP) is 4.72. The first-order valence-corrected chi connectivity index (χ1v) is 12.0. The van der Waals surface area contributed by atoms with Crippen LogP contribution in [0.2, 0.25) is 0 Å². The van der Waals surface area contributed by atoms with Crippen molar-refractivity contribution in [1.29, 1.82) is 0 Å². The minimum Gasteiger partial charge on any atom is -0.627 e. The molecule has 7 heteroatoms. The number of thiophene rings is 1. The highest BCUT2D eigenvalue weighted by molar-refractivity contribution is 7.17. The highest BCUT2D eigenvalue weighted by atomic mass is 32.1. The second-order valence-electron chi connectivity index (χ2n) is 8.41. The Kier molecular flexibility index (Phi) is 5.97. The number of unbranched alkanes of at least 4 members (excludes halogenated alkanes) is 1. The molecule has 32 heavy (non-hydrogen) atoms. The molecule has 2 aromatic carbocycles. The molecule has 4 aromatic rings. The van der Waals surface area contributed by atoms with Gasteiger partial charge in [-0.2, -0.15) is 0 Å². The first kappa shape index (κ1) is 21.2. The zero-order valence-corrected chi connectivity index (χ0v) is 18.8. The molecule has 1 aliphatic heterocycles. The molecule has 0 radical (unpaired) electrons. The van der Waals surface area contributed by atoms with E-state index in [2.05, 4.69) is 27.4 Å². The second-order valence-corrected chi connectivity index (χ2v) is 9.36. The molecule has 0 unspecified atom stereocenters. The third-order valence-corrected chi connectivity index (χ3v) is 7.18. The molecule has 166 valence electrons. The van der Waals surface area contributed by atoms with Gasteiger partial charge in [-0.1, -0.05) is 6.07 Å². The van der Waals surface area contributed by atoms with Crippen LogP contribution in [-0.4, -0.2) is 49.2 Å². The highest BCUT2D eigenvalue weighted by Crippen LogP contribution is 2.35. The smallest absolute Gasteiger partial charge is 0.248 e. The van der Waals surface area contributed by atoms with Crippen molar-refractivity contribution >= 4 is 38.0 Å². The summed E-state index contributed by atoms with van der Waals surface area (Å²) in [5.41, 5.74) is 1.60. The molecule has 0 amide bonds. The van der Waals surface area contributed by atoms with Gasteiger partial charge in [0.25, 0.3) is 0 Å². The molecule has 0 bridgehead atoms. The fourth-order valence-electron chi connectivity index (χ4n) is 4.47. The summed E-state index contributed by atoms with van der Waals surface area (Å²) in [5.74, 6) is 0.772. The zero-order chi connectivity index (χ0) is 22.0. The average Bonchev–Trinajstić information content (AvgIpc) is 3.29. The number of aromatic nitrogens is 1. The van der Waals surface area contributed by atoms with Gasteiger partial charge in [-0.15, -0.1) is 11.3 Å². The zero-order valence-electron chi connectivity index (χ0n) is 18.0. The lowest BCUT2D eigenvalue weighted by Crippen LogP contribution is -2.57. The van der Waals surface area contributed by atoms with Gasteiger partial charge in [-0.3, -0.25) is 9.69 Å². The van der Waals surface area contributed by atoms with Gasteiger partial charge in [-0.25, -0.2) is 0 Å². The van der Waals surface area contributed by atoms with Crippen molar-refractivity contribution in [3.05, 3.63) is 75.5 Å². The molecule has 1 fully saturated rings. The van der Waals surface area contributed by atoms with Crippen molar-refractivity contribution in [3.63, 3.8) is 0 Å². The molecule has 0 atom stereocenters. The van der Waals surface area contributed by atoms with Crippen LogP contribution in [0.5, 0.6) is 5.75 Å². The Morgan fingerprint density at radius 3 is 2.78 bits per heavy atom. The second kappa shape index (κ2) is 9.03. The summed E-state index contributed by atoms with van der Waals surface area (Å²) in [4.78, 5) is 16.7. The van der Waals surface area contributed by atoms with Crippen LogP contribution in [-0.2, 0) is 0 Å². The Balaban J connectivity index is 1.08. The number of H-pyrrole nitrogens is 1. The lowest BCUT2D eigenvalue weighted by molar-refractivity contribution is 0.165. The molecule has 5 rings (SSSR count). The number of hydrogen-bond acceptors (Lipinski definition) is 5. The van der Waals surface area contributed by atoms with Crippen LogP contribution in [0.1, 0.15) is 12.8 Å². The standard InChI is InChI=1S/C25H27N3O3S/c29-25-9-7-19-6-8-20(18-22(19)26-25)31-16-2-1-11-27-12-14-28(30,15-13-27)23-4-3-5-24-21(23)10-17-32-24/h3-10,17-18H,1-2,11-16H2,(H,26,29). The number of ether oxygens (including phenoxy) is 1. The summed E-state index contributed by atoms with van der Waals surface area (Å²) in [7, 11) is 0. The van der Waals surface area contributed by atoms with Gasteiger partial charge in [-0.05, 0) is 60.5 Å². The van der Waals surface area contributed by atoms with Crippen LogP contribution in [0, 0.1) is 5.21 Å². The number of pyridine rings is 1. The van der Waals surface area contributed by atoms with E-state index in [4.69, 9.17) is 4.74 Å². The SMILES string of the molecule is O=c1ccc2ccc(OCCCCN3CC[N+]([O-])(c4cccc5sccc45)CC3)cc2[nH]1. The van der Waals surface area contributed by atoms with Gasteiger partial charge in [0.05, 0.1) is 30.6 Å². The Morgan fingerprint density at radius 2 is 1.91 bits per heavy atom. The van der Waals surface area contributed by atoms with Crippen LogP contribution in [0.15, 0.2) is 64.8 Å². The monoisotopic (exact) mass is 449 g/mol. The van der Waals surface area contributed by atoms with Crippen molar-refractivity contribution in [2.75, 3.05) is 39.3 Å². The van der Waals surface area contributed by atoms with E-state index in [1.165, 1.54) is 10.8 Å². The third-order valence-electron chi connectivity index (χ3n) is 6.30. The minimum atomic E-state index is -0.224. The largest absolute Gasteiger partial charge is 0.627 e. The molecule has 1 N–H and O–H groups in total. The van der Waals surface area contributed by atoms with Gasteiger partial charge in [0.1, 0.15) is 11.4 Å². The molecule has 0 spiro atoms. The molecule has 6 nitrogen and oxygen atoms in total. The summed E-state index contributed by atoms with van der Waals surface area (Å²) < 4.78 is 6.84. The number of hydrogen-bond donors (Lipinski definition) is 1. The third kappa shape index (κ3) is 4.42. The van der Waals surface area contributed by atoms with E-state index in [1.807, 2.05) is 36.4 Å². The Morgan fingerprint density at radius 1 is 1.06 bits per heavy atom. The van der Waals surface area contributed by atoms with Crippen LogP contribution < -0.4 is 14.9 Å². The van der Waals surface area contributed by atoms with Crippen LogP contribution in [0.25, 0.3) is 21.0 Å². The van der Waals surface area contributed by atoms with Gasteiger partial charge >= 0.3 is 0 Å². The summed E-state index contributed by atoms with van der Waals surface area (Å²) in [6.07, 6.45) is 1.98. The van der Waals surface area contributed by atoms with Crippen LogP contribution in [0.4, 0.5) is 5.69 Å². The number of aromatic amines is 1. The topological polar surface area (TPSA) is 68.4 Å². The van der Waals surface area contributed by atoms with E-state index >= 15 is 0 Å². The lowest BCUT2D eigenvalue weighted by Gasteiger charge is -2.48. The quantitative estimate of drug-likeness (QED) is 0.252. The molecule has 2 aromatic heterocycles. The summed E-state index contributed by atoms with van der Waals surface area (Å²) in [5, 5.41) is 17.7. The summed E-state index contributed by atoms with van der Waals surface area (Å²) >= 11 is 1.69. The number of hydroxylamine groups is 2. The van der Waals surface area contributed by atoms with Crippen LogP contribution in [0.3, 0.4) is 0 Å². The predicted molar refractivity (Wildman–Crippen MR) is 132 cm³/mol. The molecular weight excluding hydrogens is 422 g/mol. The number of nitrogens with one attached hydrogen (secondary N) is 1. The van der Waals surface area contributed by atoms with Gasteiger partial charge in [0.15, 0.2) is 0 Å². The molecule has 0 aliphatic carbocycles. The van der Waals surface area contributed by atoms with Crippen molar-refractivity contribution < 1.29 is 4.74 Å².